The second-order valence-corrected chi connectivity index (χ2v) is 8.45. The number of pyridine rings is 2. The number of carbonyl (C=O) groups is 3. The van der Waals surface area contributed by atoms with Gasteiger partial charge in [0.05, 0.1) is 23.9 Å². The molecule has 2 aliphatic heterocycles. The van der Waals surface area contributed by atoms with Crippen molar-refractivity contribution < 1.29 is 55.7 Å². The van der Waals surface area contributed by atoms with Gasteiger partial charge >= 0.3 is 24.3 Å². The van der Waals surface area contributed by atoms with E-state index in [0.29, 0.717) is 13.2 Å². The van der Waals surface area contributed by atoms with Gasteiger partial charge in [-0.1, -0.05) is 6.07 Å². The van der Waals surface area contributed by atoms with Crippen LogP contribution in [-0.4, -0.2) is 81.5 Å². The normalized spacial score (nSPS) is 20.8. The predicted octanol–water partition coefficient (Wildman–Crippen LogP) is 2.76. The largest absolute Gasteiger partial charge is 0.492 e. The van der Waals surface area contributed by atoms with Crippen molar-refractivity contribution >= 4 is 17.8 Å². The SMILES string of the molecule is O=C(O)C(F)(F)F.O=C(O)C(F)(F)F.O=C1NC[C@@H](COc2cccnc2)[C@]12CCN(Cc1ccccn1)C2. The van der Waals surface area contributed by atoms with E-state index in [1.807, 2.05) is 36.5 Å². The van der Waals surface area contributed by atoms with Crippen LogP contribution in [0.15, 0.2) is 48.9 Å². The lowest BCUT2D eigenvalue weighted by Gasteiger charge is -2.28. The number of alkyl halides is 6. The second kappa shape index (κ2) is 13.2. The third-order valence-corrected chi connectivity index (χ3v) is 5.80. The van der Waals surface area contributed by atoms with E-state index in [1.165, 1.54) is 0 Å². The molecule has 0 bridgehead atoms. The Bertz CT molecular complexity index is 1080. The molecule has 0 aromatic carbocycles. The molecule has 214 valence electrons. The first-order valence-corrected chi connectivity index (χ1v) is 11.2. The van der Waals surface area contributed by atoms with Gasteiger partial charge in [0.25, 0.3) is 0 Å². The number of ether oxygens (including phenoxy) is 1. The lowest BCUT2D eigenvalue weighted by molar-refractivity contribution is -0.193. The monoisotopic (exact) mass is 566 g/mol. The summed E-state index contributed by atoms with van der Waals surface area (Å²) in [5.74, 6) is -4.43. The van der Waals surface area contributed by atoms with Gasteiger partial charge in [0, 0.05) is 37.9 Å². The first-order valence-electron chi connectivity index (χ1n) is 11.2. The summed E-state index contributed by atoms with van der Waals surface area (Å²) in [5, 5.41) is 17.3. The van der Waals surface area contributed by atoms with E-state index in [4.69, 9.17) is 24.5 Å². The molecule has 2 aliphatic rings. The van der Waals surface area contributed by atoms with Crippen LogP contribution in [0, 0.1) is 11.3 Å². The van der Waals surface area contributed by atoms with Crippen LogP contribution in [0.25, 0.3) is 0 Å². The quantitative estimate of drug-likeness (QED) is 0.466. The lowest BCUT2D eigenvalue weighted by Crippen LogP contribution is -2.40. The summed E-state index contributed by atoms with van der Waals surface area (Å²) >= 11 is 0. The van der Waals surface area contributed by atoms with E-state index in [1.54, 1.807) is 12.4 Å². The van der Waals surface area contributed by atoms with Crippen molar-refractivity contribution in [2.75, 3.05) is 26.2 Å². The number of aliphatic carboxylic acids is 2. The van der Waals surface area contributed by atoms with Crippen molar-refractivity contribution in [3.63, 3.8) is 0 Å². The summed E-state index contributed by atoms with van der Waals surface area (Å²) < 4.78 is 69.4. The number of nitrogens with zero attached hydrogens (tertiary/aromatic N) is 3. The number of aromatic nitrogens is 2. The fourth-order valence-electron chi connectivity index (χ4n) is 3.91. The van der Waals surface area contributed by atoms with Crippen LogP contribution in [0.4, 0.5) is 26.3 Å². The van der Waals surface area contributed by atoms with Gasteiger partial charge in [0.2, 0.25) is 5.91 Å². The second-order valence-electron chi connectivity index (χ2n) is 8.45. The summed E-state index contributed by atoms with van der Waals surface area (Å²) in [5.41, 5.74) is 0.692. The van der Waals surface area contributed by atoms with Gasteiger partial charge in [-0.05, 0) is 37.2 Å². The lowest BCUT2D eigenvalue weighted by atomic mass is 9.77. The molecule has 3 N–H and O–H groups in total. The zero-order valence-electron chi connectivity index (χ0n) is 20.1. The van der Waals surface area contributed by atoms with Crippen molar-refractivity contribution in [2.45, 2.75) is 25.3 Å². The molecule has 1 spiro atoms. The number of halogens is 6. The molecular weight excluding hydrogens is 542 g/mol. The zero-order valence-corrected chi connectivity index (χ0v) is 20.1. The van der Waals surface area contributed by atoms with Crippen LogP contribution in [0.1, 0.15) is 12.1 Å². The minimum absolute atomic E-state index is 0.163. The highest BCUT2D eigenvalue weighted by Crippen LogP contribution is 2.42. The first-order chi connectivity index (χ1) is 18.1. The van der Waals surface area contributed by atoms with E-state index < -0.39 is 24.3 Å². The van der Waals surface area contributed by atoms with Crippen molar-refractivity contribution in [2.24, 2.45) is 11.3 Å². The smallest absolute Gasteiger partial charge is 0.490 e. The van der Waals surface area contributed by atoms with Gasteiger partial charge in [0.15, 0.2) is 0 Å². The highest BCUT2D eigenvalue weighted by molar-refractivity contribution is 5.86. The molecule has 2 atom stereocenters. The maximum atomic E-state index is 12.6. The number of likely N-dealkylation sites (tertiary alicyclic amines) is 1. The Labute approximate surface area is 217 Å². The standard InChI is InChI=1S/C19H22N4O2.2C2HF3O2/c24-18-19(6-9-23(14-19)12-16-4-1-2-8-21-16)15(10-22-18)13-25-17-5-3-7-20-11-17;2*3-2(4,5)1(6)7/h1-5,7-8,11,15H,6,9-10,12-14H2,(H,22,24);2*(H,6,7)/t15-,19+;;/m0../s1. The Kier molecular flexibility index (Phi) is 10.6. The summed E-state index contributed by atoms with van der Waals surface area (Å²) in [6, 6.07) is 9.70. The van der Waals surface area contributed by atoms with Crippen LogP contribution in [0.2, 0.25) is 0 Å². The number of hydrogen-bond donors (Lipinski definition) is 3. The number of hydrogen-bond acceptors (Lipinski definition) is 7. The van der Waals surface area contributed by atoms with E-state index >= 15 is 0 Å². The number of nitrogens with one attached hydrogen (secondary N) is 1. The van der Waals surface area contributed by atoms with Crippen molar-refractivity contribution in [3.05, 3.63) is 54.6 Å². The Morgan fingerprint density at radius 2 is 1.69 bits per heavy atom. The van der Waals surface area contributed by atoms with E-state index in [0.717, 1.165) is 37.5 Å². The molecule has 4 heterocycles. The molecule has 2 saturated heterocycles. The van der Waals surface area contributed by atoms with Crippen molar-refractivity contribution in [3.8, 4) is 5.75 Å². The fraction of sp³-hybridized carbons (Fsp3) is 0.435. The predicted molar refractivity (Wildman–Crippen MR) is 120 cm³/mol. The van der Waals surface area contributed by atoms with Crippen molar-refractivity contribution in [1.82, 2.24) is 20.2 Å². The Hall–Kier alpha value is -3.95. The zero-order chi connectivity index (χ0) is 29.3. The highest BCUT2D eigenvalue weighted by atomic mass is 19.4. The van der Waals surface area contributed by atoms with Gasteiger partial charge < -0.3 is 20.3 Å². The minimum Gasteiger partial charge on any atom is -0.492 e. The van der Waals surface area contributed by atoms with Crippen LogP contribution in [-0.2, 0) is 20.9 Å². The van der Waals surface area contributed by atoms with Crippen LogP contribution in [0.3, 0.4) is 0 Å². The van der Waals surface area contributed by atoms with Gasteiger partial charge in [-0.15, -0.1) is 0 Å². The number of amides is 1. The third kappa shape index (κ3) is 9.38. The number of carbonyl (C=O) groups excluding carboxylic acids is 1. The molecule has 16 heteroatoms. The molecule has 4 rings (SSSR count). The topological polar surface area (TPSA) is 142 Å². The molecule has 2 fully saturated rings. The molecule has 10 nitrogen and oxygen atoms in total. The molecule has 2 aromatic heterocycles. The number of carboxylic acid groups (broad SMARTS) is 2. The summed E-state index contributed by atoms with van der Waals surface area (Å²) in [4.78, 5) is 41.2. The van der Waals surface area contributed by atoms with Gasteiger partial charge in [-0.25, -0.2) is 9.59 Å². The number of rotatable bonds is 5. The molecule has 39 heavy (non-hydrogen) atoms. The first kappa shape index (κ1) is 31.3. The number of carboxylic acids is 2. The average molecular weight is 566 g/mol. The Morgan fingerprint density at radius 3 is 2.21 bits per heavy atom. The summed E-state index contributed by atoms with van der Waals surface area (Å²) in [6.07, 6.45) is -4.05. The highest BCUT2D eigenvalue weighted by Gasteiger charge is 2.54. The molecule has 0 unspecified atom stereocenters. The molecule has 0 saturated carbocycles. The van der Waals surface area contributed by atoms with Gasteiger partial charge in [-0.2, -0.15) is 26.3 Å². The Morgan fingerprint density at radius 1 is 1.05 bits per heavy atom. The minimum atomic E-state index is -5.08. The third-order valence-electron chi connectivity index (χ3n) is 5.80. The Balaban J connectivity index is 0.000000317. The average Bonchev–Trinajstić information content (AvgIpc) is 3.42. The molecule has 2 aromatic rings. The molecular formula is C23H24F6N4O6. The summed E-state index contributed by atoms with van der Waals surface area (Å²) in [7, 11) is 0. The van der Waals surface area contributed by atoms with Gasteiger partial charge in [0.1, 0.15) is 5.75 Å². The van der Waals surface area contributed by atoms with Gasteiger partial charge in [-0.3, -0.25) is 19.7 Å². The molecule has 0 radical (unpaired) electrons. The van der Waals surface area contributed by atoms with E-state index in [9.17, 15) is 31.1 Å². The maximum absolute atomic E-state index is 12.6. The molecule has 1 amide bonds. The van der Waals surface area contributed by atoms with E-state index in [-0.39, 0.29) is 17.2 Å². The van der Waals surface area contributed by atoms with Crippen LogP contribution < -0.4 is 10.1 Å². The fourth-order valence-corrected chi connectivity index (χ4v) is 3.91. The van der Waals surface area contributed by atoms with Crippen LogP contribution in [0.5, 0.6) is 5.75 Å². The summed E-state index contributed by atoms with van der Waals surface area (Å²) in [6.45, 7) is 3.66. The maximum Gasteiger partial charge on any atom is 0.490 e. The molecule has 0 aliphatic carbocycles. The van der Waals surface area contributed by atoms with Crippen molar-refractivity contribution in [1.29, 1.82) is 0 Å². The van der Waals surface area contributed by atoms with Crippen LogP contribution >= 0.6 is 0 Å². The van der Waals surface area contributed by atoms with E-state index in [2.05, 4.69) is 20.2 Å².